The average molecular weight is 530 g/mol. The molecular weight excluding hydrogens is 507 g/mol. The Balaban J connectivity index is 1.66. The summed E-state index contributed by atoms with van der Waals surface area (Å²) in [6.45, 7) is -0.0593. The number of aromatic nitrogens is 2. The van der Waals surface area contributed by atoms with E-state index in [1.807, 2.05) is 6.07 Å². The van der Waals surface area contributed by atoms with Crippen molar-refractivity contribution in [3.05, 3.63) is 71.6 Å². The topological polar surface area (TPSA) is 89.5 Å². The summed E-state index contributed by atoms with van der Waals surface area (Å²) in [4.78, 5) is 4.59. The molecule has 2 aromatic carbocycles. The molecule has 0 amide bonds. The van der Waals surface area contributed by atoms with Gasteiger partial charge in [0.05, 0.1) is 47.4 Å². The van der Waals surface area contributed by atoms with E-state index in [0.717, 1.165) is 6.07 Å². The summed E-state index contributed by atoms with van der Waals surface area (Å²) < 4.78 is 58.8. The Kier molecular flexibility index (Phi) is 7.92. The van der Waals surface area contributed by atoms with Crippen molar-refractivity contribution in [3.8, 4) is 17.6 Å². The SMILES string of the molecule is COc1cc2c(cc1OCCCO)ncn2C1=CC(OCc2ccccc2C(F)(F)F)C(=S)C(C#N)=C1. The second-order valence-corrected chi connectivity index (χ2v) is 8.48. The van der Waals surface area contributed by atoms with Gasteiger partial charge in [0.25, 0.3) is 0 Å². The number of halogens is 3. The van der Waals surface area contributed by atoms with Crippen molar-refractivity contribution in [2.75, 3.05) is 20.3 Å². The molecule has 1 aliphatic carbocycles. The summed E-state index contributed by atoms with van der Waals surface area (Å²) in [5, 5.41) is 18.6. The van der Waals surface area contributed by atoms with Crippen LogP contribution in [0.4, 0.5) is 13.2 Å². The molecule has 7 nitrogen and oxygen atoms in total. The normalized spacial score (nSPS) is 15.8. The maximum Gasteiger partial charge on any atom is 0.416 e. The highest BCUT2D eigenvalue weighted by Gasteiger charge is 2.33. The monoisotopic (exact) mass is 529 g/mol. The second-order valence-electron chi connectivity index (χ2n) is 8.04. The molecular formula is C26H22F3N3O4S. The number of hydrogen-bond donors (Lipinski definition) is 1. The number of thiocarbonyl (C=S) groups is 1. The number of allylic oxidation sites excluding steroid dienone is 2. The molecule has 1 N–H and O–H groups in total. The van der Waals surface area contributed by atoms with Crippen LogP contribution in [0.1, 0.15) is 17.5 Å². The summed E-state index contributed by atoms with van der Waals surface area (Å²) in [5.74, 6) is 0.908. The van der Waals surface area contributed by atoms with Crippen LogP contribution in [0.15, 0.2) is 60.5 Å². The minimum absolute atomic E-state index is 0.00616. The first-order valence-corrected chi connectivity index (χ1v) is 11.6. The third kappa shape index (κ3) is 5.67. The largest absolute Gasteiger partial charge is 0.493 e. The molecule has 192 valence electrons. The van der Waals surface area contributed by atoms with E-state index in [4.69, 9.17) is 31.5 Å². The lowest BCUT2D eigenvalue weighted by Crippen LogP contribution is -2.26. The Hall–Kier alpha value is -3.72. The van der Waals surface area contributed by atoms with E-state index in [1.165, 1.54) is 25.3 Å². The highest BCUT2D eigenvalue weighted by Crippen LogP contribution is 2.35. The van der Waals surface area contributed by atoms with Crippen molar-refractivity contribution in [2.24, 2.45) is 0 Å². The van der Waals surface area contributed by atoms with Gasteiger partial charge < -0.3 is 19.3 Å². The lowest BCUT2D eigenvalue weighted by molar-refractivity contribution is -0.138. The molecule has 0 saturated heterocycles. The van der Waals surface area contributed by atoms with Crippen molar-refractivity contribution >= 4 is 33.8 Å². The number of hydrogen-bond acceptors (Lipinski definition) is 7. The van der Waals surface area contributed by atoms with Crippen LogP contribution in [0.3, 0.4) is 0 Å². The maximum atomic E-state index is 13.4. The summed E-state index contributed by atoms with van der Waals surface area (Å²) in [6.07, 6.45) is -0.223. The number of benzene rings is 2. The van der Waals surface area contributed by atoms with Crippen LogP contribution >= 0.6 is 12.2 Å². The first-order valence-electron chi connectivity index (χ1n) is 11.2. The predicted octanol–water partition coefficient (Wildman–Crippen LogP) is 5.08. The molecule has 0 fully saturated rings. The zero-order valence-corrected chi connectivity index (χ0v) is 20.5. The summed E-state index contributed by atoms with van der Waals surface area (Å²) in [5.41, 5.74) is 1.07. The zero-order valence-electron chi connectivity index (χ0n) is 19.7. The standard InChI is InChI=1S/C26H22F3N3O4S/c1-34-22-12-21-20(11-23(22)35-8-4-7-33)31-15-32(21)18-9-17(13-30)25(37)24(10-18)36-14-16-5-2-3-6-19(16)26(27,28)29/h2-3,5-6,9-12,15,24,33H,4,7-8,14H2,1H3. The predicted molar refractivity (Wildman–Crippen MR) is 134 cm³/mol. The molecule has 1 aliphatic rings. The Morgan fingerprint density at radius 1 is 1.22 bits per heavy atom. The molecule has 11 heteroatoms. The van der Waals surface area contributed by atoms with Gasteiger partial charge in [-0.05, 0) is 23.8 Å². The van der Waals surface area contributed by atoms with E-state index in [-0.39, 0.29) is 29.2 Å². The third-order valence-electron chi connectivity index (χ3n) is 5.67. The molecule has 4 rings (SSSR count). The molecule has 37 heavy (non-hydrogen) atoms. The van der Waals surface area contributed by atoms with Crippen LogP contribution in [0, 0.1) is 11.3 Å². The molecule has 0 aliphatic heterocycles. The Bertz CT molecular complexity index is 1420. The number of aliphatic hydroxyl groups is 1. The maximum absolute atomic E-state index is 13.4. The smallest absolute Gasteiger partial charge is 0.416 e. The minimum atomic E-state index is -4.53. The van der Waals surface area contributed by atoms with Gasteiger partial charge in [-0.3, -0.25) is 4.57 Å². The molecule has 1 heterocycles. The van der Waals surface area contributed by atoms with E-state index < -0.39 is 17.8 Å². The van der Waals surface area contributed by atoms with Crippen molar-refractivity contribution in [1.82, 2.24) is 9.55 Å². The van der Waals surface area contributed by atoms with Crippen molar-refractivity contribution in [1.29, 1.82) is 5.26 Å². The van der Waals surface area contributed by atoms with Gasteiger partial charge >= 0.3 is 6.18 Å². The molecule has 0 radical (unpaired) electrons. The average Bonchev–Trinajstić information content (AvgIpc) is 3.30. The number of nitriles is 1. The number of imidazole rings is 1. The van der Waals surface area contributed by atoms with Crippen LogP contribution in [-0.4, -0.2) is 45.9 Å². The van der Waals surface area contributed by atoms with E-state index in [2.05, 4.69) is 4.98 Å². The lowest BCUT2D eigenvalue weighted by atomic mass is 10.0. The van der Waals surface area contributed by atoms with Gasteiger partial charge in [-0.2, -0.15) is 18.4 Å². The first-order chi connectivity index (χ1) is 17.8. The van der Waals surface area contributed by atoms with Crippen LogP contribution in [0.2, 0.25) is 0 Å². The fourth-order valence-electron chi connectivity index (χ4n) is 3.86. The molecule has 1 aromatic heterocycles. The number of fused-ring (bicyclic) bond motifs is 1. The Morgan fingerprint density at radius 2 is 2.00 bits per heavy atom. The number of ether oxygens (including phenoxy) is 3. The van der Waals surface area contributed by atoms with Crippen LogP contribution in [0.25, 0.3) is 16.7 Å². The van der Waals surface area contributed by atoms with Gasteiger partial charge in [-0.1, -0.05) is 30.4 Å². The fourth-order valence-corrected chi connectivity index (χ4v) is 4.10. The van der Waals surface area contributed by atoms with E-state index in [9.17, 15) is 18.4 Å². The van der Waals surface area contributed by atoms with Crippen molar-refractivity contribution < 1.29 is 32.5 Å². The van der Waals surface area contributed by atoms with Crippen LogP contribution in [-0.2, 0) is 17.5 Å². The first kappa shape index (κ1) is 26.3. The van der Waals surface area contributed by atoms with Crippen molar-refractivity contribution in [3.63, 3.8) is 0 Å². The summed E-state index contributed by atoms with van der Waals surface area (Å²) in [6, 6.07) is 10.6. The minimum Gasteiger partial charge on any atom is -0.493 e. The number of nitrogens with zero attached hydrogens (tertiary/aromatic N) is 3. The molecule has 1 atom stereocenters. The number of alkyl halides is 3. The van der Waals surface area contributed by atoms with Gasteiger partial charge in [-0.25, -0.2) is 4.98 Å². The van der Waals surface area contributed by atoms with Gasteiger partial charge in [0.1, 0.15) is 18.5 Å². The summed E-state index contributed by atoms with van der Waals surface area (Å²) >= 11 is 5.39. The third-order valence-corrected chi connectivity index (χ3v) is 6.12. The van der Waals surface area contributed by atoms with E-state index in [1.54, 1.807) is 35.2 Å². The van der Waals surface area contributed by atoms with Gasteiger partial charge in [0.15, 0.2) is 11.5 Å². The van der Waals surface area contributed by atoms with Gasteiger partial charge in [-0.15, -0.1) is 0 Å². The Morgan fingerprint density at radius 3 is 2.70 bits per heavy atom. The van der Waals surface area contributed by atoms with E-state index >= 15 is 0 Å². The fraction of sp³-hybridized carbons (Fsp3) is 0.269. The molecule has 0 saturated carbocycles. The summed E-state index contributed by atoms with van der Waals surface area (Å²) in [7, 11) is 1.50. The number of aliphatic hydroxyl groups excluding tert-OH is 1. The van der Waals surface area contributed by atoms with E-state index in [0.29, 0.717) is 41.3 Å². The van der Waals surface area contributed by atoms with Crippen molar-refractivity contribution in [2.45, 2.75) is 25.3 Å². The van der Waals surface area contributed by atoms with Crippen LogP contribution < -0.4 is 9.47 Å². The van der Waals surface area contributed by atoms with Crippen LogP contribution in [0.5, 0.6) is 11.5 Å². The highest BCUT2D eigenvalue weighted by atomic mass is 32.1. The molecule has 1 unspecified atom stereocenters. The highest BCUT2D eigenvalue weighted by molar-refractivity contribution is 7.81. The molecule has 3 aromatic rings. The Labute approximate surface area is 216 Å². The lowest BCUT2D eigenvalue weighted by Gasteiger charge is -2.22. The number of methoxy groups -OCH3 is 1. The molecule has 0 bridgehead atoms. The van der Waals surface area contributed by atoms with Gasteiger partial charge in [0.2, 0.25) is 0 Å². The molecule has 0 spiro atoms. The zero-order chi connectivity index (χ0) is 26.6. The second kappa shape index (κ2) is 11.1. The number of rotatable bonds is 9. The quantitative estimate of drug-likeness (QED) is 0.305. The van der Waals surface area contributed by atoms with Gasteiger partial charge in [0, 0.05) is 30.9 Å².